The fraction of sp³-hybridized carbons (Fsp3) is 0.938. The van der Waals surface area contributed by atoms with E-state index in [1.807, 2.05) is 13.8 Å². The van der Waals surface area contributed by atoms with Crippen molar-refractivity contribution in [3.8, 4) is 0 Å². The van der Waals surface area contributed by atoms with E-state index < -0.39 is 0 Å². The molecule has 0 saturated carbocycles. The molecule has 1 aliphatic heterocycles. The van der Waals surface area contributed by atoms with E-state index in [1.54, 1.807) is 0 Å². The summed E-state index contributed by atoms with van der Waals surface area (Å²) in [6.45, 7) is 17.2. The molecule has 1 heterocycles. The number of rotatable bonds is 6. The summed E-state index contributed by atoms with van der Waals surface area (Å²) in [5, 5.41) is 0. The molecule has 112 valence electrons. The van der Waals surface area contributed by atoms with Gasteiger partial charge >= 0.3 is 0 Å². The van der Waals surface area contributed by atoms with Crippen LogP contribution in [0.3, 0.4) is 0 Å². The van der Waals surface area contributed by atoms with Crippen LogP contribution < -0.4 is 0 Å². The summed E-state index contributed by atoms with van der Waals surface area (Å²) in [7, 11) is 0. The van der Waals surface area contributed by atoms with E-state index in [1.165, 1.54) is 6.42 Å². The number of ketones is 1. The molecular formula is C16H32N2O. The third-order valence-corrected chi connectivity index (χ3v) is 4.09. The third kappa shape index (κ3) is 4.88. The molecule has 0 unspecified atom stereocenters. The van der Waals surface area contributed by atoms with Gasteiger partial charge in [-0.3, -0.25) is 9.69 Å². The van der Waals surface area contributed by atoms with Crippen LogP contribution in [0, 0.1) is 11.8 Å². The summed E-state index contributed by atoms with van der Waals surface area (Å²) in [5.74, 6) is 1.28. The number of carbonyl (C=O) groups is 1. The minimum atomic E-state index is 0.0981. The van der Waals surface area contributed by atoms with Crippen molar-refractivity contribution in [1.82, 2.24) is 9.80 Å². The van der Waals surface area contributed by atoms with Gasteiger partial charge in [0.15, 0.2) is 5.78 Å². The van der Waals surface area contributed by atoms with Crippen molar-refractivity contribution in [2.24, 2.45) is 11.8 Å². The molecule has 1 fully saturated rings. The summed E-state index contributed by atoms with van der Waals surface area (Å²) in [6.07, 6.45) is 1.23. The van der Waals surface area contributed by atoms with Crippen LogP contribution in [0.5, 0.6) is 0 Å². The van der Waals surface area contributed by atoms with Gasteiger partial charge in [-0.2, -0.15) is 0 Å². The van der Waals surface area contributed by atoms with E-state index in [9.17, 15) is 4.79 Å². The third-order valence-electron chi connectivity index (χ3n) is 4.09. The minimum absolute atomic E-state index is 0.0981. The van der Waals surface area contributed by atoms with Crippen LogP contribution in [0.15, 0.2) is 0 Å². The maximum absolute atomic E-state index is 12.4. The maximum Gasteiger partial charge on any atom is 0.153 e. The largest absolute Gasteiger partial charge is 0.300 e. The van der Waals surface area contributed by atoms with Gasteiger partial charge < -0.3 is 4.90 Å². The van der Waals surface area contributed by atoms with E-state index in [0.29, 0.717) is 11.8 Å². The van der Waals surface area contributed by atoms with Crippen LogP contribution in [0.1, 0.15) is 48.0 Å². The van der Waals surface area contributed by atoms with Gasteiger partial charge in [0.05, 0.1) is 6.04 Å². The molecule has 1 atom stereocenters. The normalized spacial score (nSPS) is 22.7. The highest BCUT2D eigenvalue weighted by Gasteiger charge is 2.34. The molecule has 1 aliphatic rings. The Labute approximate surface area is 119 Å². The molecule has 0 N–H and O–H groups in total. The lowest BCUT2D eigenvalue weighted by atomic mass is 9.96. The number of Topliss-reactive ketones (excluding diaryl/α,β-unsaturated/α-hetero) is 1. The van der Waals surface area contributed by atoms with Gasteiger partial charge in [0.2, 0.25) is 0 Å². The van der Waals surface area contributed by atoms with Crippen LogP contribution in [0.4, 0.5) is 0 Å². The summed E-state index contributed by atoms with van der Waals surface area (Å²) < 4.78 is 0. The van der Waals surface area contributed by atoms with Crippen molar-refractivity contribution in [3.05, 3.63) is 0 Å². The highest BCUT2D eigenvalue weighted by molar-refractivity contribution is 5.86. The molecule has 0 aliphatic carbocycles. The molecule has 0 radical (unpaired) electrons. The van der Waals surface area contributed by atoms with E-state index in [4.69, 9.17) is 0 Å². The summed E-state index contributed by atoms with van der Waals surface area (Å²) in [6, 6.07) is 0.556. The van der Waals surface area contributed by atoms with E-state index in [0.717, 1.165) is 32.1 Å². The average molecular weight is 268 g/mol. The lowest BCUT2D eigenvalue weighted by Crippen LogP contribution is -2.59. The molecule has 0 aromatic carbocycles. The Morgan fingerprint density at radius 1 is 1.11 bits per heavy atom. The van der Waals surface area contributed by atoms with Gasteiger partial charge in [0.1, 0.15) is 0 Å². The predicted molar refractivity (Wildman–Crippen MR) is 81.4 cm³/mol. The molecule has 1 rings (SSSR count). The fourth-order valence-electron chi connectivity index (χ4n) is 2.75. The Balaban J connectivity index is 2.66. The zero-order valence-corrected chi connectivity index (χ0v) is 13.6. The van der Waals surface area contributed by atoms with Crippen LogP contribution in [-0.4, -0.2) is 53.8 Å². The molecule has 0 aromatic heterocycles. The highest BCUT2D eigenvalue weighted by atomic mass is 16.1. The summed E-state index contributed by atoms with van der Waals surface area (Å²) in [4.78, 5) is 17.3. The predicted octanol–water partition coefficient (Wildman–Crippen LogP) is 2.65. The Morgan fingerprint density at radius 3 is 2.21 bits per heavy atom. The first-order valence-electron chi connectivity index (χ1n) is 7.84. The molecule has 3 heteroatoms. The van der Waals surface area contributed by atoms with Crippen molar-refractivity contribution in [3.63, 3.8) is 0 Å². The smallest absolute Gasteiger partial charge is 0.153 e. The second kappa shape index (κ2) is 7.39. The van der Waals surface area contributed by atoms with Crippen LogP contribution in [-0.2, 0) is 4.79 Å². The summed E-state index contributed by atoms with van der Waals surface area (Å²) in [5.41, 5.74) is 0. The number of piperazine rings is 1. The molecule has 3 nitrogen and oxygen atoms in total. The van der Waals surface area contributed by atoms with Crippen LogP contribution >= 0.6 is 0 Å². The van der Waals surface area contributed by atoms with Crippen LogP contribution in [0.25, 0.3) is 0 Å². The Morgan fingerprint density at radius 2 is 1.74 bits per heavy atom. The molecular weight excluding hydrogens is 236 g/mol. The Hall–Kier alpha value is -0.410. The zero-order chi connectivity index (χ0) is 14.6. The number of hydrogen-bond acceptors (Lipinski definition) is 3. The van der Waals surface area contributed by atoms with Crippen LogP contribution in [0.2, 0.25) is 0 Å². The quantitative estimate of drug-likeness (QED) is 0.740. The number of nitrogens with zero attached hydrogens (tertiary/aromatic N) is 2. The van der Waals surface area contributed by atoms with Crippen molar-refractivity contribution >= 4 is 5.78 Å². The first-order valence-corrected chi connectivity index (χ1v) is 7.84. The van der Waals surface area contributed by atoms with Gasteiger partial charge in [0, 0.05) is 31.6 Å². The van der Waals surface area contributed by atoms with Gasteiger partial charge in [-0.15, -0.1) is 0 Å². The molecule has 19 heavy (non-hydrogen) atoms. The van der Waals surface area contributed by atoms with Crippen molar-refractivity contribution in [2.75, 3.05) is 26.2 Å². The van der Waals surface area contributed by atoms with Gasteiger partial charge in [-0.05, 0) is 32.7 Å². The molecule has 0 bridgehead atoms. The van der Waals surface area contributed by atoms with E-state index >= 15 is 0 Å². The van der Waals surface area contributed by atoms with Gasteiger partial charge in [-0.25, -0.2) is 0 Å². The minimum Gasteiger partial charge on any atom is -0.300 e. The van der Waals surface area contributed by atoms with E-state index in [-0.39, 0.29) is 12.0 Å². The topological polar surface area (TPSA) is 23.6 Å². The Kier molecular flexibility index (Phi) is 6.48. The van der Waals surface area contributed by atoms with Crippen molar-refractivity contribution in [1.29, 1.82) is 0 Å². The maximum atomic E-state index is 12.4. The standard InChI is InChI=1S/C16H32N2O/c1-12(2)7-8-17-9-10-18(14(5)6)15(11-17)16(19)13(3)4/h12-15H,7-11H2,1-6H3/t15-/m0/s1. The number of hydrogen-bond donors (Lipinski definition) is 0. The van der Waals surface area contributed by atoms with E-state index in [2.05, 4.69) is 37.5 Å². The lowest BCUT2D eigenvalue weighted by molar-refractivity contribution is -0.130. The second-order valence-corrected chi connectivity index (χ2v) is 6.89. The van der Waals surface area contributed by atoms with Gasteiger partial charge in [0.25, 0.3) is 0 Å². The van der Waals surface area contributed by atoms with Crippen molar-refractivity contribution in [2.45, 2.75) is 60.0 Å². The molecule has 1 saturated heterocycles. The molecule has 0 spiro atoms. The second-order valence-electron chi connectivity index (χ2n) is 6.89. The SMILES string of the molecule is CC(C)CCN1CCN(C(C)C)[C@H](C(=O)C(C)C)C1. The molecule has 0 amide bonds. The lowest BCUT2D eigenvalue weighted by Gasteiger charge is -2.43. The van der Waals surface area contributed by atoms with Gasteiger partial charge in [-0.1, -0.05) is 27.7 Å². The van der Waals surface area contributed by atoms with Crippen molar-refractivity contribution < 1.29 is 4.79 Å². The zero-order valence-electron chi connectivity index (χ0n) is 13.6. The number of carbonyl (C=O) groups excluding carboxylic acids is 1. The highest BCUT2D eigenvalue weighted by Crippen LogP contribution is 2.18. The summed E-state index contributed by atoms with van der Waals surface area (Å²) >= 11 is 0. The first-order chi connectivity index (χ1) is 8.82. The monoisotopic (exact) mass is 268 g/mol. The first kappa shape index (κ1) is 16.6. The molecule has 0 aromatic rings. The Bertz CT molecular complexity index is 286. The average Bonchev–Trinajstić information content (AvgIpc) is 2.34. The fourth-order valence-corrected chi connectivity index (χ4v) is 2.75.